The number of aryl methyl sites for hydroxylation is 1. The summed E-state index contributed by atoms with van der Waals surface area (Å²) < 4.78 is 24.5. The monoisotopic (exact) mass is 337 g/mol. The number of rotatable bonds is 4. The van der Waals surface area contributed by atoms with E-state index in [1.807, 2.05) is 6.92 Å². The molecule has 3 N–H and O–H groups in total. The summed E-state index contributed by atoms with van der Waals surface area (Å²) in [6, 6.07) is 6.10. The second-order valence-electron chi connectivity index (χ2n) is 4.80. The van der Waals surface area contributed by atoms with Crippen LogP contribution >= 0.6 is 11.8 Å². The van der Waals surface area contributed by atoms with Crippen LogP contribution in [0.1, 0.15) is 11.4 Å². The van der Waals surface area contributed by atoms with Crippen LogP contribution in [0.2, 0.25) is 0 Å². The minimum atomic E-state index is -3.67. The van der Waals surface area contributed by atoms with Gasteiger partial charge in [0.05, 0.1) is 28.2 Å². The maximum Gasteiger partial charge on any atom is 0.238 e. The molecule has 22 heavy (non-hydrogen) atoms. The molecule has 0 spiro atoms. The smallest absolute Gasteiger partial charge is 0.238 e. The Hall–Kier alpha value is -1.84. The second kappa shape index (κ2) is 5.75. The molecule has 0 atom stereocenters. The summed E-state index contributed by atoms with van der Waals surface area (Å²) in [4.78, 5) is 4.55. The summed E-state index contributed by atoms with van der Waals surface area (Å²) in [7, 11) is -3.67. The Labute approximate surface area is 132 Å². The molecular formula is C13H15N5O2S2. The number of hydrogen-bond acceptors (Lipinski definition) is 6. The maximum absolute atomic E-state index is 11.2. The molecule has 0 saturated carbocycles. The molecule has 1 aliphatic heterocycles. The van der Waals surface area contributed by atoms with Crippen LogP contribution in [-0.2, 0) is 16.6 Å². The highest BCUT2D eigenvalue weighted by Crippen LogP contribution is 2.27. The maximum atomic E-state index is 11.2. The third-order valence-corrected chi connectivity index (χ3v) is 5.15. The minimum absolute atomic E-state index is 0.0727. The molecule has 1 aliphatic rings. The molecule has 0 radical (unpaired) electrons. The number of thioether (sulfide) groups is 1. The van der Waals surface area contributed by atoms with Gasteiger partial charge in [0.15, 0.2) is 5.16 Å². The van der Waals surface area contributed by atoms with Crippen LogP contribution in [0.25, 0.3) is 0 Å². The first-order chi connectivity index (χ1) is 10.4. The van der Waals surface area contributed by atoms with E-state index in [0.29, 0.717) is 5.69 Å². The normalized spacial score (nSPS) is 14.5. The standard InChI is InChI=1S/C13H15N5O2S2/c1-9-12(18-6-7-21-13(18)16-9)8-15-17-10-2-4-11(5-3-10)22(14,19)20/h2-5,8,17H,6-7H2,1H3,(H2,14,19,20)/b15-8+. The van der Waals surface area contributed by atoms with E-state index in [2.05, 4.69) is 20.1 Å². The molecule has 1 aromatic heterocycles. The van der Waals surface area contributed by atoms with Crippen molar-refractivity contribution in [2.24, 2.45) is 10.2 Å². The van der Waals surface area contributed by atoms with Crippen molar-refractivity contribution in [2.45, 2.75) is 23.5 Å². The summed E-state index contributed by atoms with van der Waals surface area (Å²) in [5, 5.41) is 10.3. The zero-order valence-corrected chi connectivity index (χ0v) is 13.5. The number of anilines is 1. The predicted molar refractivity (Wildman–Crippen MR) is 86.7 cm³/mol. The van der Waals surface area contributed by atoms with E-state index in [-0.39, 0.29) is 4.90 Å². The third kappa shape index (κ3) is 3.01. The largest absolute Gasteiger partial charge is 0.317 e. The number of fused-ring (bicyclic) bond motifs is 1. The first-order valence-electron chi connectivity index (χ1n) is 6.57. The number of sulfonamides is 1. The van der Waals surface area contributed by atoms with Gasteiger partial charge >= 0.3 is 0 Å². The zero-order valence-electron chi connectivity index (χ0n) is 11.9. The van der Waals surface area contributed by atoms with Crippen molar-refractivity contribution in [2.75, 3.05) is 11.2 Å². The lowest BCUT2D eigenvalue weighted by Crippen LogP contribution is -2.11. The molecule has 7 nitrogen and oxygen atoms in total. The van der Waals surface area contributed by atoms with Gasteiger partial charge in [0.25, 0.3) is 0 Å². The Morgan fingerprint density at radius 1 is 1.41 bits per heavy atom. The number of nitrogens with zero attached hydrogens (tertiary/aromatic N) is 3. The van der Waals surface area contributed by atoms with Crippen LogP contribution in [0.5, 0.6) is 0 Å². The number of aromatic nitrogens is 2. The van der Waals surface area contributed by atoms with Crippen molar-refractivity contribution in [3.05, 3.63) is 35.7 Å². The number of hydrogen-bond donors (Lipinski definition) is 2. The van der Waals surface area contributed by atoms with E-state index in [0.717, 1.165) is 28.8 Å². The average Bonchev–Trinajstić information content (AvgIpc) is 3.01. The predicted octanol–water partition coefficient (Wildman–Crippen LogP) is 1.39. The Morgan fingerprint density at radius 3 is 2.82 bits per heavy atom. The van der Waals surface area contributed by atoms with Crippen molar-refractivity contribution in [3.8, 4) is 0 Å². The lowest BCUT2D eigenvalue weighted by Gasteiger charge is -2.03. The molecule has 9 heteroatoms. The fraction of sp³-hybridized carbons (Fsp3) is 0.231. The van der Waals surface area contributed by atoms with Crippen molar-refractivity contribution in [1.29, 1.82) is 0 Å². The van der Waals surface area contributed by atoms with Crippen molar-refractivity contribution >= 4 is 33.7 Å². The molecule has 0 unspecified atom stereocenters. The molecule has 2 heterocycles. The molecule has 0 aliphatic carbocycles. The van der Waals surface area contributed by atoms with Crippen LogP contribution in [0.15, 0.2) is 39.4 Å². The summed E-state index contributed by atoms with van der Waals surface area (Å²) in [5.41, 5.74) is 5.47. The number of nitrogens with one attached hydrogen (secondary N) is 1. The van der Waals surface area contributed by atoms with E-state index < -0.39 is 10.0 Å². The molecule has 0 fully saturated rings. The summed E-state index contributed by atoms with van der Waals surface area (Å²) in [6.45, 7) is 2.89. The Balaban J connectivity index is 1.73. The zero-order chi connectivity index (χ0) is 15.7. The lowest BCUT2D eigenvalue weighted by molar-refractivity contribution is 0.598. The third-order valence-electron chi connectivity index (χ3n) is 3.27. The number of benzene rings is 1. The van der Waals surface area contributed by atoms with Crippen LogP contribution in [0.4, 0.5) is 5.69 Å². The van der Waals surface area contributed by atoms with E-state index in [1.54, 1.807) is 30.1 Å². The van der Waals surface area contributed by atoms with Gasteiger partial charge in [-0.1, -0.05) is 11.8 Å². The number of hydrazone groups is 1. The van der Waals surface area contributed by atoms with Gasteiger partial charge in [-0.2, -0.15) is 5.10 Å². The van der Waals surface area contributed by atoms with Gasteiger partial charge < -0.3 is 4.57 Å². The van der Waals surface area contributed by atoms with Gasteiger partial charge in [-0.05, 0) is 31.2 Å². The van der Waals surface area contributed by atoms with Gasteiger partial charge in [0, 0.05) is 12.3 Å². The molecule has 3 rings (SSSR count). The van der Waals surface area contributed by atoms with E-state index in [1.165, 1.54) is 12.1 Å². The fourth-order valence-electron chi connectivity index (χ4n) is 2.16. The fourth-order valence-corrected chi connectivity index (χ4v) is 3.68. The average molecular weight is 337 g/mol. The van der Waals surface area contributed by atoms with E-state index in [9.17, 15) is 8.42 Å². The molecule has 2 aromatic rings. The SMILES string of the molecule is Cc1nc2n(c1/C=N/Nc1ccc(S(N)(=O)=O)cc1)CCS2. The van der Waals surface area contributed by atoms with Crippen molar-refractivity contribution in [1.82, 2.24) is 9.55 Å². The van der Waals surface area contributed by atoms with Gasteiger partial charge in [-0.3, -0.25) is 5.43 Å². The highest BCUT2D eigenvalue weighted by atomic mass is 32.2. The Bertz CT molecular complexity index is 825. The quantitative estimate of drug-likeness (QED) is 0.648. The topological polar surface area (TPSA) is 102 Å². The van der Waals surface area contributed by atoms with E-state index >= 15 is 0 Å². The van der Waals surface area contributed by atoms with Gasteiger partial charge in [0.1, 0.15) is 0 Å². The summed E-state index contributed by atoms with van der Waals surface area (Å²) in [6.07, 6.45) is 1.73. The molecular weight excluding hydrogens is 322 g/mol. The van der Waals surface area contributed by atoms with Crippen molar-refractivity contribution in [3.63, 3.8) is 0 Å². The Kier molecular flexibility index (Phi) is 3.94. The van der Waals surface area contributed by atoms with Crippen LogP contribution in [0, 0.1) is 6.92 Å². The first kappa shape index (κ1) is 15.1. The van der Waals surface area contributed by atoms with Crippen molar-refractivity contribution < 1.29 is 8.42 Å². The van der Waals surface area contributed by atoms with Gasteiger partial charge in [-0.15, -0.1) is 0 Å². The van der Waals surface area contributed by atoms with Crippen LogP contribution < -0.4 is 10.6 Å². The lowest BCUT2D eigenvalue weighted by atomic mass is 10.3. The number of imidazole rings is 1. The molecule has 1 aromatic carbocycles. The highest BCUT2D eigenvalue weighted by molar-refractivity contribution is 7.99. The van der Waals surface area contributed by atoms with Gasteiger partial charge in [0.2, 0.25) is 10.0 Å². The highest BCUT2D eigenvalue weighted by Gasteiger charge is 2.18. The van der Waals surface area contributed by atoms with Gasteiger partial charge in [-0.25, -0.2) is 18.5 Å². The first-order valence-corrected chi connectivity index (χ1v) is 9.10. The second-order valence-corrected chi connectivity index (χ2v) is 7.43. The molecule has 116 valence electrons. The molecule has 0 saturated heterocycles. The molecule has 0 amide bonds. The van der Waals surface area contributed by atoms with Crippen LogP contribution in [0.3, 0.4) is 0 Å². The van der Waals surface area contributed by atoms with Crippen LogP contribution in [-0.4, -0.2) is 29.9 Å². The van der Waals surface area contributed by atoms with E-state index in [4.69, 9.17) is 5.14 Å². The minimum Gasteiger partial charge on any atom is -0.317 e. The molecule has 0 bridgehead atoms. The number of primary sulfonamides is 1. The summed E-state index contributed by atoms with van der Waals surface area (Å²) >= 11 is 1.74. The number of nitrogens with two attached hydrogens (primary N) is 1. The summed E-state index contributed by atoms with van der Waals surface area (Å²) in [5.74, 6) is 1.03. The Morgan fingerprint density at radius 2 is 2.14 bits per heavy atom.